The molecular formula is C30H30F2N2O4. The average Bonchev–Trinajstić information content (AvgIpc) is 3.68. The summed E-state index contributed by atoms with van der Waals surface area (Å²) < 4.78 is 45.3. The smallest absolute Gasteiger partial charge is 0.128 e. The third-order valence-electron chi connectivity index (χ3n) is 6.71. The molecule has 0 saturated heterocycles. The zero-order valence-corrected chi connectivity index (χ0v) is 21.5. The molecular weight excluding hydrogens is 490 g/mol. The van der Waals surface area contributed by atoms with Gasteiger partial charge in [-0.1, -0.05) is 5.57 Å². The number of aryl methyl sites for hydroxylation is 1. The lowest BCUT2D eigenvalue weighted by atomic mass is 9.90. The number of benzene rings is 3. The monoisotopic (exact) mass is 520 g/mol. The van der Waals surface area contributed by atoms with Crippen molar-refractivity contribution in [3.63, 3.8) is 0 Å². The first-order valence-corrected chi connectivity index (χ1v) is 12.4. The lowest BCUT2D eigenvalue weighted by Gasteiger charge is -2.26. The van der Waals surface area contributed by atoms with Gasteiger partial charge in [-0.15, -0.1) is 0 Å². The Hall–Kier alpha value is -4.04. The second-order valence-electron chi connectivity index (χ2n) is 9.30. The molecule has 1 aromatic heterocycles. The maximum Gasteiger partial charge on any atom is 0.128 e. The van der Waals surface area contributed by atoms with Crippen LogP contribution in [0.25, 0.3) is 16.5 Å². The van der Waals surface area contributed by atoms with Gasteiger partial charge in [0.1, 0.15) is 35.5 Å². The lowest BCUT2D eigenvalue weighted by Crippen LogP contribution is -2.15. The summed E-state index contributed by atoms with van der Waals surface area (Å²) >= 11 is 0. The molecule has 1 saturated carbocycles. The van der Waals surface area contributed by atoms with Crippen LogP contribution in [-0.2, 0) is 0 Å². The van der Waals surface area contributed by atoms with Crippen LogP contribution >= 0.6 is 0 Å². The summed E-state index contributed by atoms with van der Waals surface area (Å²) in [6.45, 7) is 1.77. The molecule has 0 amide bonds. The van der Waals surface area contributed by atoms with E-state index in [1.165, 1.54) is 30.9 Å². The van der Waals surface area contributed by atoms with E-state index < -0.39 is 11.9 Å². The molecule has 8 heteroatoms. The number of hydrogen-bond donors (Lipinski definition) is 3. The fourth-order valence-corrected chi connectivity index (χ4v) is 4.77. The minimum absolute atomic E-state index is 0.119. The molecule has 198 valence electrons. The number of methoxy groups -OCH3 is 2. The van der Waals surface area contributed by atoms with E-state index in [-0.39, 0.29) is 19.0 Å². The van der Waals surface area contributed by atoms with Gasteiger partial charge in [-0.05, 0) is 55.2 Å². The van der Waals surface area contributed by atoms with Gasteiger partial charge in [0.15, 0.2) is 0 Å². The van der Waals surface area contributed by atoms with Crippen molar-refractivity contribution in [3.05, 3.63) is 88.6 Å². The molecule has 1 unspecified atom stereocenters. The highest BCUT2D eigenvalue weighted by Gasteiger charge is 2.31. The topological polar surface area (TPSA) is 75.7 Å². The van der Waals surface area contributed by atoms with Crippen molar-refractivity contribution in [3.8, 4) is 17.2 Å². The number of anilines is 1. The molecule has 0 spiro atoms. The van der Waals surface area contributed by atoms with E-state index in [1.54, 1.807) is 26.2 Å². The molecule has 0 bridgehead atoms. The van der Waals surface area contributed by atoms with Crippen molar-refractivity contribution in [1.82, 2.24) is 4.98 Å². The Morgan fingerprint density at radius 2 is 1.82 bits per heavy atom. The van der Waals surface area contributed by atoms with Crippen LogP contribution in [0.4, 0.5) is 14.5 Å². The predicted octanol–water partition coefficient (Wildman–Crippen LogP) is 6.54. The van der Waals surface area contributed by atoms with E-state index in [1.807, 2.05) is 24.4 Å². The summed E-state index contributed by atoms with van der Waals surface area (Å²) in [5.41, 5.74) is 5.92. The van der Waals surface area contributed by atoms with Crippen LogP contribution in [0.15, 0.2) is 60.3 Å². The Bertz CT molecular complexity index is 1510. The largest absolute Gasteiger partial charge is 0.497 e. The minimum Gasteiger partial charge on any atom is -0.497 e. The Morgan fingerprint density at radius 3 is 2.53 bits per heavy atom. The van der Waals surface area contributed by atoms with Crippen molar-refractivity contribution < 1.29 is 28.1 Å². The summed E-state index contributed by atoms with van der Waals surface area (Å²) in [7, 11) is 3.09. The molecule has 1 aliphatic carbocycles. The van der Waals surface area contributed by atoms with Crippen LogP contribution in [0.5, 0.6) is 17.2 Å². The van der Waals surface area contributed by atoms with Crippen molar-refractivity contribution in [2.75, 3.05) is 32.8 Å². The van der Waals surface area contributed by atoms with Gasteiger partial charge >= 0.3 is 0 Å². The Labute approximate surface area is 219 Å². The summed E-state index contributed by atoms with van der Waals surface area (Å²) in [4.78, 5) is 3.22. The first kappa shape index (κ1) is 25.6. The highest BCUT2D eigenvalue weighted by molar-refractivity contribution is 5.96. The van der Waals surface area contributed by atoms with Gasteiger partial charge in [0, 0.05) is 58.2 Å². The van der Waals surface area contributed by atoms with Crippen molar-refractivity contribution in [2.45, 2.75) is 25.8 Å². The number of hydrogen-bond acceptors (Lipinski definition) is 5. The maximum atomic E-state index is 14.3. The number of aliphatic hydroxyl groups is 1. The molecule has 0 aliphatic heterocycles. The maximum absolute atomic E-state index is 14.3. The molecule has 1 aliphatic rings. The van der Waals surface area contributed by atoms with Crippen LogP contribution in [0.1, 0.15) is 35.6 Å². The molecule has 6 nitrogen and oxygen atoms in total. The highest BCUT2D eigenvalue weighted by Crippen LogP contribution is 2.48. The van der Waals surface area contributed by atoms with Crippen LogP contribution in [0.2, 0.25) is 0 Å². The third kappa shape index (κ3) is 5.17. The molecule has 5 rings (SSSR count). The normalized spacial score (nSPS) is 13.4. The fraction of sp³-hybridized carbons (Fsp3) is 0.267. The second-order valence-corrected chi connectivity index (χ2v) is 9.30. The van der Waals surface area contributed by atoms with Crippen molar-refractivity contribution >= 4 is 22.2 Å². The van der Waals surface area contributed by atoms with Crippen LogP contribution in [-0.4, -0.2) is 37.5 Å². The first-order chi connectivity index (χ1) is 18.4. The second kappa shape index (κ2) is 10.8. The van der Waals surface area contributed by atoms with E-state index in [2.05, 4.69) is 10.3 Å². The van der Waals surface area contributed by atoms with Gasteiger partial charge in [0.2, 0.25) is 0 Å². The predicted molar refractivity (Wildman–Crippen MR) is 144 cm³/mol. The van der Waals surface area contributed by atoms with E-state index in [0.717, 1.165) is 34.9 Å². The van der Waals surface area contributed by atoms with E-state index in [9.17, 15) is 13.9 Å². The SMILES string of the molecule is COc1cc(NC(C(=C2CC2)c2c[nH]c3cc(F)c(C)cc23)c2ccc(F)cc2OC)cc(OCCO)c1. The van der Waals surface area contributed by atoms with Crippen LogP contribution < -0.4 is 19.5 Å². The number of aromatic nitrogens is 1. The Kier molecular flexibility index (Phi) is 7.24. The van der Waals surface area contributed by atoms with Crippen LogP contribution in [0.3, 0.4) is 0 Å². The number of fused-ring (bicyclic) bond motifs is 1. The van der Waals surface area contributed by atoms with Crippen molar-refractivity contribution in [2.24, 2.45) is 0 Å². The summed E-state index contributed by atoms with van der Waals surface area (Å²) in [5.74, 6) is 0.844. The zero-order valence-electron chi connectivity index (χ0n) is 21.5. The van der Waals surface area contributed by atoms with E-state index >= 15 is 0 Å². The summed E-state index contributed by atoms with van der Waals surface area (Å²) in [6.07, 6.45) is 3.75. The van der Waals surface area contributed by atoms with Gasteiger partial charge in [0.05, 0.1) is 26.9 Å². The third-order valence-corrected chi connectivity index (χ3v) is 6.71. The number of allylic oxidation sites excluding steroid dienone is 1. The Balaban J connectivity index is 1.68. The quantitative estimate of drug-likeness (QED) is 0.221. The van der Waals surface area contributed by atoms with Gasteiger partial charge in [-0.3, -0.25) is 0 Å². The highest BCUT2D eigenvalue weighted by atomic mass is 19.1. The molecule has 1 atom stereocenters. The fourth-order valence-electron chi connectivity index (χ4n) is 4.77. The van der Waals surface area contributed by atoms with Crippen LogP contribution in [0, 0.1) is 18.6 Å². The Morgan fingerprint density at radius 1 is 1.03 bits per heavy atom. The average molecular weight is 521 g/mol. The number of rotatable bonds is 10. The lowest BCUT2D eigenvalue weighted by molar-refractivity contribution is 0.201. The standard InChI is InChI=1S/C30H30F2N2O4/c1-17-10-24-25(16-33-27(24)15-26(17)32)29(18-4-5-18)30(23-7-6-19(31)11-28(23)37-3)34-20-12-21(36-2)14-22(13-20)38-9-8-35/h6-7,10-16,30,33-35H,4-5,8-9H2,1-3H3. The van der Waals surface area contributed by atoms with Crippen molar-refractivity contribution in [1.29, 1.82) is 0 Å². The number of aliphatic hydroxyl groups excluding tert-OH is 1. The molecule has 1 fully saturated rings. The van der Waals surface area contributed by atoms with Gasteiger partial charge in [0.25, 0.3) is 0 Å². The number of nitrogens with one attached hydrogen (secondary N) is 2. The molecule has 3 N–H and O–H groups in total. The zero-order chi connectivity index (χ0) is 26.8. The number of H-pyrrole nitrogens is 1. The number of aromatic amines is 1. The van der Waals surface area contributed by atoms with Gasteiger partial charge in [-0.25, -0.2) is 8.78 Å². The first-order valence-electron chi connectivity index (χ1n) is 12.4. The molecule has 38 heavy (non-hydrogen) atoms. The number of halogens is 2. The number of ether oxygens (including phenoxy) is 3. The molecule has 4 aromatic rings. The van der Waals surface area contributed by atoms with E-state index in [0.29, 0.717) is 34.0 Å². The molecule has 3 aromatic carbocycles. The minimum atomic E-state index is -0.440. The molecule has 1 heterocycles. The molecule has 0 radical (unpaired) electrons. The van der Waals surface area contributed by atoms with Gasteiger partial charge < -0.3 is 29.6 Å². The summed E-state index contributed by atoms with van der Waals surface area (Å²) in [5, 5.41) is 13.7. The van der Waals surface area contributed by atoms with E-state index in [4.69, 9.17) is 14.2 Å². The van der Waals surface area contributed by atoms with Gasteiger partial charge in [-0.2, -0.15) is 0 Å². The summed E-state index contributed by atoms with van der Waals surface area (Å²) in [6, 6.07) is 12.8.